The fraction of sp³-hybridized carbons (Fsp3) is 0.188. The van der Waals surface area contributed by atoms with Crippen molar-refractivity contribution >= 4 is 11.6 Å². The van der Waals surface area contributed by atoms with Gasteiger partial charge in [-0.2, -0.15) is 0 Å². The third-order valence-electron chi connectivity index (χ3n) is 3.25. The number of carbonyl (C=O) groups is 1. The summed E-state index contributed by atoms with van der Waals surface area (Å²) in [6, 6.07) is 10.8. The molecule has 2 rings (SSSR count). The number of nitro groups is 1. The molecule has 0 spiro atoms. The smallest absolute Gasteiger partial charge is 0.270 e. The Morgan fingerprint density at radius 3 is 2.78 bits per heavy atom. The standard InChI is InChI=1S/C16H16N2O5/c1-23-14-4-2-3-11(7-14)8-16(20)17-10-12-9-13(18(21)22)5-6-15(12)19/h2-7,9,19H,8,10H2,1H3,(H,17,20). The number of ether oxygens (including phenoxy) is 1. The second-order valence-corrected chi connectivity index (χ2v) is 4.88. The third-order valence-corrected chi connectivity index (χ3v) is 3.25. The Morgan fingerprint density at radius 2 is 2.09 bits per heavy atom. The van der Waals surface area contributed by atoms with Crippen molar-refractivity contribution in [2.45, 2.75) is 13.0 Å². The number of methoxy groups -OCH3 is 1. The van der Waals surface area contributed by atoms with Crippen LogP contribution in [0, 0.1) is 10.1 Å². The molecule has 0 fully saturated rings. The van der Waals surface area contributed by atoms with Gasteiger partial charge in [-0.25, -0.2) is 0 Å². The molecule has 2 N–H and O–H groups in total. The molecule has 0 aliphatic rings. The van der Waals surface area contributed by atoms with Gasteiger partial charge < -0.3 is 15.2 Å². The summed E-state index contributed by atoms with van der Waals surface area (Å²) in [5, 5.41) is 23.1. The zero-order valence-corrected chi connectivity index (χ0v) is 12.5. The Hall–Kier alpha value is -3.09. The van der Waals surface area contributed by atoms with Crippen molar-refractivity contribution in [2.75, 3.05) is 7.11 Å². The van der Waals surface area contributed by atoms with Crippen LogP contribution in [0.5, 0.6) is 11.5 Å². The molecule has 0 aliphatic heterocycles. The predicted octanol–water partition coefficient (Wildman–Crippen LogP) is 2.17. The Balaban J connectivity index is 1.99. The number of carbonyl (C=O) groups excluding carboxylic acids is 1. The van der Waals surface area contributed by atoms with E-state index in [-0.39, 0.29) is 35.9 Å². The van der Waals surface area contributed by atoms with Gasteiger partial charge in [0.15, 0.2) is 0 Å². The van der Waals surface area contributed by atoms with Crippen LogP contribution in [0.1, 0.15) is 11.1 Å². The zero-order chi connectivity index (χ0) is 16.8. The molecule has 23 heavy (non-hydrogen) atoms. The Morgan fingerprint density at radius 1 is 1.30 bits per heavy atom. The minimum absolute atomic E-state index is 0.0102. The summed E-state index contributed by atoms with van der Waals surface area (Å²) in [5.41, 5.74) is 0.933. The van der Waals surface area contributed by atoms with E-state index in [0.717, 1.165) is 5.56 Å². The summed E-state index contributed by atoms with van der Waals surface area (Å²) in [6.45, 7) is 0.0102. The van der Waals surface area contributed by atoms with E-state index in [9.17, 15) is 20.0 Å². The minimum Gasteiger partial charge on any atom is -0.508 e. The summed E-state index contributed by atoms with van der Waals surface area (Å²) in [7, 11) is 1.55. The number of nitro benzene ring substituents is 1. The van der Waals surface area contributed by atoms with Crippen molar-refractivity contribution in [3.8, 4) is 11.5 Å². The first-order chi connectivity index (χ1) is 11.0. The lowest BCUT2D eigenvalue weighted by molar-refractivity contribution is -0.384. The van der Waals surface area contributed by atoms with Gasteiger partial charge in [-0.05, 0) is 23.8 Å². The molecular weight excluding hydrogens is 300 g/mol. The number of phenols is 1. The molecule has 0 aliphatic carbocycles. The Kier molecular flexibility index (Phi) is 5.14. The third kappa shape index (κ3) is 4.44. The maximum atomic E-state index is 11.9. The van der Waals surface area contributed by atoms with Crippen LogP contribution < -0.4 is 10.1 Å². The minimum atomic E-state index is -0.555. The van der Waals surface area contributed by atoms with Gasteiger partial charge in [-0.1, -0.05) is 12.1 Å². The molecule has 0 aromatic heterocycles. The highest BCUT2D eigenvalue weighted by Gasteiger charge is 2.11. The summed E-state index contributed by atoms with van der Waals surface area (Å²) in [5.74, 6) is 0.299. The van der Waals surface area contributed by atoms with E-state index in [2.05, 4.69) is 5.32 Å². The average molecular weight is 316 g/mol. The number of hydrogen-bond donors (Lipinski definition) is 2. The zero-order valence-electron chi connectivity index (χ0n) is 12.5. The topological polar surface area (TPSA) is 102 Å². The van der Waals surface area contributed by atoms with E-state index in [4.69, 9.17) is 4.74 Å². The van der Waals surface area contributed by atoms with Gasteiger partial charge in [0.05, 0.1) is 18.5 Å². The number of rotatable bonds is 6. The average Bonchev–Trinajstić information content (AvgIpc) is 2.54. The number of non-ortho nitro benzene ring substituents is 1. The number of amides is 1. The molecule has 7 heteroatoms. The van der Waals surface area contributed by atoms with Crippen LogP contribution >= 0.6 is 0 Å². The maximum Gasteiger partial charge on any atom is 0.270 e. The van der Waals surface area contributed by atoms with Crippen LogP contribution in [0.25, 0.3) is 0 Å². The Labute approximate surface area is 132 Å². The lowest BCUT2D eigenvalue weighted by atomic mass is 10.1. The number of nitrogens with zero attached hydrogens (tertiary/aromatic N) is 1. The van der Waals surface area contributed by atoms with Gasteiger partial charge >= 0.3 is 0 Å². The molecule has 1 amide bonds. The van der Waals surface area contributed by atoms with Gasteiger partial charge in [0, 0.05) is 24.2 Å². The van der Waals surface area contributed by atoms with Crippen molar-refractivity contribution in [2.24, 2.45) is 0 Å². The van der Waals surface area contributed by atoms with E-state index in [1.165, 1.54) is 18.2 Å². The molecule has 0 saturated heterocycles. The predicted molar refractivity (Wildman–Crippen MR) is 83.3 cm³/mol. The fourth-order valence-corrected chi connectivity index (χ4v) is 2.05. The number of aromatic hydroxyl groups is 1. The monoisotopic (exact) mass is 316 g/mol. The van der Waals surface area contributed by atoms with Crippen molar-refractivity contribution in [1.82, 2.24) is 5.32 Å². The summed E-state index contributed by atoms with van der Waals surface area (Å²) < 4.78 is 5.09. The molecule has 0 saturated carbocycles. The van der Waals surface area contributed by atoms with Crippen molar-refractivity contribution in [1.29, 1.82) is 0 Å². The largest absolute Gasteiger partial charge is 0.508 e. The van der Waals surface area contributed by atoms with Crippen LogP contribution in [-0.4, -0.2) is 23.0 Å². The highest BCUT2D eigenvalue weighted by atomic mass is 16.6. The number of benzene rings is 2. The first kappa shape index (κ1) is 16.3. The molecule has 7 nitrogen and oxygen atoms in total. The van der Waals surface area contributed by atoms with E-state index in [1.807, 2.05) is 0 Å². The summed E-state index contributed by atoms with van der Waals surface area (Å²) in [6.07, 6.45) is 0.146. The normalized spacial score (nSPS) is 10.1. The van der Waals surface area contributed by atoms with Crippen LogP contribution in [-0.2, 0) is 17.8 Å². The summed E-state index contributed by atoms with van der Waals surface area (Å²) in [4.78, 5) is 22.1. The van der Waals surface area contributed by atoms with Crippen LogP contribution in [0.3, 0.4) is 0 Å². The quantitative estimate of drug-likeness (QED) is 0.628. The summed E-state index contributed by atoms with van der Waals surface area (Å²) >= 11 is 0. The number of phenolic OH excluding ortho intramolecular Hbond substituents is 1. The van der Waals surface area contributed by atoms with Crippen molar-refractivity contribution < 1.29 is 19.6 Å². The lowest BCUT2D eigenvalue weighted by Crippen LogP contribution is -2.24. The van der Waals surface area contributed by atoms with Crippen LogP contribution in [0.4, 0.5) is 5.69 Å². The van der Waals surface area contributed by atoms with Gasteiger partial charge in [-0.15, -0.1) is 0 Å². The highest BCUT2D eigenvalue weighted by Crippen LogP contribution is 2.22. The molecule has 2 aromatic rings. The lowest BCUT2D eigenvalue weighted by Gasteiger charge is -2.08. The molecule has 0 unspecified atom stereocenters. The second-order valence-electron chi connectivity index (χ2n) is 4.88. The fourth-order valence-electron chi connectivity index (χ4n) is 2.05. The Bertz CT molecular complexity index is 730. The van der Waals surface area contributed by atoms with E-state index >= 15 is 0 Å². The highest BCUT2D eigenvalue weighted by molar-refractivity contribution is 5.78. The molecule has 0 heterocycles. The van der Waals surface area contributed by atoms with Gasteiger partial charge in [0.2, 0.25) is 5.91 Å². The first-order valence-corrected chi connectivity index (χ1v) is 6.85. The molecule has 0 atom stereocenters. The van der Waals surface area contributed by atoms with E-state index in [1.54, 1.807) is 31.4 Å². The van der Waals surface area contributed by atoms with Crippen LogP contribution in [0.15, 0.2) is 42.5 Å². The van der Waals surface area contributed by atoms with Crippen molar-refractivity contribution in [3.05, 3.63) is 63.7 Å². The first-order valence-electron chi connectivity index (χ1n) is 6.85. The molecular formula is C16H16N2O5. The number of hydrogen-bond acceptors (Lipinski definition) is 5. The maximum absolute atomic E-state index is 11.9. The van der Waals surface area contributed by atoms with E-state index < -0.39 is 4.92 Å². The van der Waals surface area contributed by atoms with Crippen molar-refractivity contribution in [3.63, 3.8) is 0 Å². The SMILES string of the molecule is COc1cccc(CC(=O)NCc2cc([N+](=O)[O-])ccc2O)c1. The van der Waals surface area contributed by atoms with Gasteiger partial charge in [-0.3, -0.25) is 14.9 Å². The molecule has 0 bridgehead atoms. The molecule has 0 radical (unpaired) electrons. The molecule has 2 aromatic carbocycles. The van der Waals surface area contributed by atoms with E-state index in [0.29, 0.717) is 5.75 Å². The van der Waals surface area contributed by atoms with Gasteiger partial charge in [0.1, 0.15) is 11.5 Å². The van der Waals surface area contributed by atoms with Gasteiger partial charge in [0.25, 0.3) is 5.69 Å². The molecule has 120 valence electrons. The van der Waals surface area contributed by atoms with Crippen LogP contribution in [0.2, 0.25) is 0 Å². The number of nitrogens with one attached hydrogen (secondary N) is 1. The second kappa shape index (κ2) is 7.26.